The van der Waals surface area contributed by atoms with Crippen molar-refractivity contribution in [3.63, 3.8) is 0 Å². The number of carbonyl (C=O) groups is 2. The summed E-state index contributed by atoms with van der Waals surface area (Å²) < 4.78 is 17.1. The van der Waals surface area contributed by atoms with Crippen LogP contribution in [0.2, 0.25) is 0 Å². The number of hydrogen-bond donors (Lipinski definition) is 3. The van der Waals surface area contributed by atoms with Gasteiger partial charge in [0.1, 0.15) is 0 Å². The number of unbranched alkanes of at least 4 members (excludes halogenated alkanes) is 2. The van der Waals surface area contributed by atoms with Gasteiger partial charge in [-0.05, 0) is 66.1 Å². The molecule has 4 rings (SSSR count). The zero-order valence-electron chi connectivity index (χ0n) is 25.4. The monoisotopic (exact) mass is 587 g/mol. The Kier molecular flexibility index (Phi) is 11.0. The van der Waals surface area contributed by atoms with Crippen LogP contribution >= 0.6 is 0 Å². The Morgan fingerprint density at radius 3 is 2.37 bits per heavy atom. The third kappa shape index (κ3) is 7.85. The van der Waals surface area contributed by atoms with E-state index >= 15 is 0 Å². The normalized spacial score (nSPS) is 13.5. The summed E-state index contributed by atoms with van der Waals surface area (Å²) in [7, 11) is 4.72. The standard InChI is InChI=1S/C34H41N3O6/c1-22(38)37-27-16-14-24-19-30(41-2)33(42-3)34(43-4)32(24)25-15-17-28(29(39)20-26(25)27)35-18-10-6-9-13-31(40)36-21-23-11-7-5-8-12-23/h5,7-8,11-12,15,17,19-20,27H,6,9-10,13-14,16,18,21H2,1-4H3,(H,35,39)(H,36,40)(H,37,38)/t27-/m1/s1. The van der Waals surface area contributed by atoms with E-state index in [9.17, 15) is 14.4 Å². The van der Waals surface area contributed by atoms with Gasteiger partial charge in [0, 0.05) is 32.0 Å². The van der Waals surface area contributed by atoms with E-state index in [1.807, 2.05) is 42.5 Å². The van der Waals surface area contributed by atoms with Crippen LogP contribution in [0.15, 0.2) is 59.4 Å². The second kappa shape index (κ2) is 15.1. The minimum atomic E-state index is -0.359. The molecule has 1 atom stereocenters. The van der Waals surface area contributed by atoms with Gasteiger partial charge in [-0.1, -0.05) is 42.8 Å². The lowest BCUT2D eigenvalue weighted by Crippen LogP contribution is -2.26. The molecule has 0 aromatic heterocycles. The van der Waals surface area contributed by atoms with Crippen LogP contribution in [0.3, 0.4) is 0 Å². The number of methoxy groups -OCH3 is 3. The van der Waals surface area contributed by atoms with Crippen LogP contribution in [0.4, 0.5) is 5.69 Å². The van der Waals surface area contributed by atoms with Gasteiger partial charge in [-0.15, -0.1) is 0 Å². The Morgan fingerprint density at radius 2 is 1.67 bits per heavy atom. The van der Waals surface area contributed by atoms with Gasteiger partial charge in [-0.25, -0.2) is 0 Å². The zero-order valence-corrected chi connectivity index (χ0v) is 25.4. The first-order valence-electron chi connectivity index (χ1n) is 14.7. The third-order valence-electron chi connectivity index (χ3n) is 7.64. The average molecular weight is 588 g/mol. The van der Waals surface area contributed by atoms with Gasteiger partial charge in [-0.3, -0.25) is 14.4 Å². The number of anilines is 1. The fourth-order valence-corrected chi connectivity index (χ4v) is 5.55. The molecule has 1 aliphatic carbocycles. The largest absolute Gasteiger partial charge is 0.493 e. The molecular weight excluding hydrogens is 546 g/mol. The number of nitrogens with one attached hydrogen (secondary N) is 3. The summed E-state index contributed by atoms with van der Waals surface area (Å²) >= 11 is 0. The van der Waals surface area contributed by atoms with E-state index in [2.05, 4.69) is 16.0 Å². The summed E-state index contributed by atoms with van der Waals surface area (Å²) in [5.74, 6) is 1.40. The molecule has 0 unspecified atom stereocenters. The fourth-order valence-electron chi connectivity index (χ4n) is 5.55. The second-order valence-corrected chi connectivity index (χ2v) is 10.6. The molecule has 0 saturated heterocycles. The molecule has 0 saturated carbocycles. The van der Waals surface area contributed by atoms with Gasteiger partial charge < -0.3 is 30.2 Å². The molecule has 0 bridgehead atoms. The molecule has 9 heteroatoms. The highest BCUT2D eigenvalue weighted by molar-refractivity contribution is 5.83. The molecule has 0 spiro atoms. The minimum Gasteiger partial charge on any atom is -0.493 e. The van der Waals surface area contributed by atoms with E-state index in [1.165, 1.54) is 6.92 Å². The molecule has 3 aromatic rings. The Labute approximate surface area is 252 Å². The Morgan fingerprint density at radius 1 is 0.907 bits per heavy atom. The quantitative estimate of drug-likeness (QED) is 0.237. The molecular formula is C34H41N3O6. The van der Waals surface area contributed by atoms with Crippen LogP contribution in [0, 0.1) is 0 Å². The van der Waals surface area contributed by atoms with Crippen LogP contribution < -0.4 is 35.6 Å². The Hall–Kier alpha value is -4.53. The third-order valence-corrected chi connectivity index (χ3v) is 7.64. The number of fused-ring (bicyclic) bond motifs is 3. The highest BCUT2D eigenvalue weighted by Gasteiger charge is 2.29. The number of carbonyl (C=O) groups excluding carboxylic acids is 2. The summed E-state index contributed by atoms with van der Waals surface area (Å²) in [5.41, 5.74) is 4.68. The highest BCUT2D eigenvalue weighted by atomic mass is 16.5. The first kappa shape index (κ1) is 31.4. The summed E-state index contributed by atoms with van der Waals surface area (Å²) in [6, 6.07) is 16.7. The Bertz CT molecular complexity index is 1490. The summed E-state index contributed by atoms with van der Waals surface area (Å²) in [6.07, 6.45) is 4.14. The lowest BCUT2D eigenvalue weighted by atomic mass is 9.95. The summed E-state index contributed by atoms with van der Waals surface area (Å²) in [5, 5.41) is 9.26. The highest BCUT2D eigenvalue weighted by Crippen LogP contribution is 2.50. The molecule has 43 heavy (non-hydrogen) atoms. The molecule has 3 aromatic carbocycles. The topological polar surface area (TPSA) is 115 Å². The number of benzene rings is 2. The predicted molar refractivity (Wildman–Crippen MR) is 168 cm³/mol. The lowest BCUT2D eigenvalue weighted by molar-refractivity contribution is -0.121. The minimum absolute atomic E-state index is 0.0360. The number of aryl methyl sites for hydroxylation is 1. The predicted octanol–water partition coefficient (Wildman–Crippen LogP) is 5.15. The number of rotatable bonds is 13. The number of amides is 2. The SMILES string of the molecule is COc1cc2c(c(OC)c1OC)-c1ccc(NCCCCCC(=O)NCc3ccccc3)c(=O)cc1[C@H](NC(C)=O)CC2. The van der Waals surface area contributed by atoms with Crippen molar-refractivity contribution in [2.24, 2.45) is 0 Å². The van der Waals surface area contributed by atoms with Gasteiger partial charge in [0.15, 0.2) is 11.5 Å². The molecule has 0 fully saturated rings. The van der Waals surface area contributed by atoms with Gasteiger partial charge in [0.25, 0.3) is 0 Å². The van der Waals surface area contributed by atoms with E-state index in [0.717, 1.165) is 47.1 Å². The van der Waals surface area contributed by atoms with Crippen LogP contribution in [0.5, 0.6) is 17.2 Å². The maximum atomic E-state index is 13.4. The molecule has 0 heterocycles. The molecule has 228 valence electrons. The molecule has 0 radical (unpaired) electrons. The molecule has 3 N–H and O–H groups in total. The van der Waals surface area contributed by atoms with Crippen molar-refractivity contribution >= 4 is 17.5 Å². The van der Waals surface area contributed by atoms with Crippen molar-refractivity contribution in [2.75, 3.05) is 33.2 Å². The fraction of sp³-hybridized carbons (Fsp3) is 0.382. The smallest absolute Gasteiger partial charge is 0.220 e. The zero-order chi connectivity index (χ0) is 30.8. The van der Waals surface area contributed by atoms with Crippen LogP contribution in [0.25, 0.3) is 11.1 Å². The molecule has 9 nitrogen and oxygen atoms in total. The van der Waals surface area contributed by atoms with Gasteiger partial charge >= 0.3 is 0 Å². The molecule has 1 aliphatic rings. The molecule has 2 amide bonds. The first-order valence-corrected chi connectivity index (χ1v) is 14.7. The van der Waals surface area contributed by atoms with Crippen molar-refractivity contribution < 1.29 is 23.8 Å². The van der Waals surface area contributed by atoms with Gasteiger partial charge in [0.05, 0.1) is 33.1 Å². The Balaban J connectivity index is 1.49. The van der Waals surface area contributed by atoms with Crippen molar-refractivity contribution in [1.82, 2.24) is 10.6 Å². The molecule has 0 aliphatic heterocycles. The van der Waals surface area contributed by atoms with E-state index in [4.69, 9.17) is 14.2 Å². The van der Waals surface area contributed by atoms with Gasteiger partial charge in [0.2, 0.25) is 23.0 Å². The van der Waals surface area contributed by atoms with E-state index in [0.29, 0.717) is 55.3 Å². The average Bonchev–Trinajstić information content (AvgIpc) is 3.25. The summed E-state index contributed by atoms with van der Waals surface area (Å²) in [4.78, 5) is 37.7. The van der Waals surface area contributed by atoms with Crippen molar-refractivity contribution in [1.29, 1.82) is 0 Å². The van der Waals surface area contributed by atoms with E-state index < -0.39 is 0 Å². The maximum absolute atomic E-state index is 13.4. The van der Waals surface area contributed by atoms with Crippen LogP contribution in [-0.4, -0.2) is 39.7 Å². The van der Waals surface area contributed by atoms with Crippen molar-refractivity contribution in [2.45, 2.75) is 58.0 Å². The number of ether oxygens (including phenoxy) is 3. The first-order chi connectivity index (χ1) is 20.9. The van der Waals surface area contributed by atoms with Crippen LogP contribution in [0.1, 0.15) is 61.8 Å². The number of hydrogen-bond acceptors (Lipinski definition) is 7. The summed E-state index contributed by atoms with van der Waals surface area (Å²) in [6.45, 7) is 2.60. The van der Waals surface area contributed by atoms with Crippen molar-refractivity contribution in [3.8, 4) is 28.4 Å². The second-order valence-electron chi connectivity index (χ2n) is 10.6. The maximum Gasteiger partial charge on any atom is 0.220 e. The lowest BCUT2D eigenvalue weighted by Gasteiger charge is -2.19. The van der Waals surface area contributed by atoms with Gasteiger partial charge in [-0.2, -0.15) is 0 Å². The van der Waals surface area contributed by atoms with Crippen LogP contribution in [-0.2, 0) is 22.6 Å². The van der Waals surface area contributed by atoms with E-state index in [1.54, 1.807) is 33.5 Å². The van der Waals surface area contributed by atoms with E-state index in [-0.39, 0.29) is 23.3 Å². The van der Waals surface area contributed by atoms with Crippen molar-refractivity contribution in [3.05, 3.63) is 81.5 Å².